The Bertz CT molecular complexity index is 563. The summed E-state index contributed by atoms with van der Waals surface area (Å²) in [5.74, 6) is -3.79. The summed E-state index contributed by atoms with van der Waals surface area (Å²) >= 11 is 5.49. The van der Waals surface area contributed by atoms with Gasteiger partial charge < -0.3 is 11.1 Å². The summed E-state index contributed by atoms with van der Waals surface area (Å²) < 4.78 is 39.3. The van der Waals surface area contributed by atoms with Crippen LogP contribution in [0.4, 0.5) is 30.8 Å². The van der Waals surface area contributed by atoms with Crippen LogP contribution >= 0.6 is 11.6 Å². The zero-order chi connectivity index (χ0) is 13.3. The zero-order valence-electron chi connectivity index (χ0n) is 8.59. The Kier molecular flexibility index (Phi) is 3.19. The minimum atomic E-state index is -1.14. The quantitative estimate of drug-likeness (QED) is 0.879. The van der Waals surface area contributed by atoms with E-state index in [9.17, 15) is 13.2 Å². The van der Waals surface area contributed by atoms with Crippen LogP contribution in [-0.4, -0.2) is 15.0 Å². The molecule has 18 heavy (non-hydrogen) atoms. The first-order chi connectivity index (χ1) is 8.45. The molecule has 2 aromatic rings. The van der Waals surface area contributed by atoms with Gasteiger partial charge in [0.2, 0.25) is 17.2 Å². The molecule has 0 aliphatic heterocycles. The summed E-state index contributed by atoms with van der Waals surface area (Å²) in [4.78, 5) is 10.6. The SMILES string of the molecule is Nc1nc(Cl)nc(Nc2c(F)cc(F)cc2F)n1. The number of aromatic nitrogens is 3. The van der Waals surface area contributed by atoms with Gasteiger partial charge in [-0.2, -0.15) is 15.0 Å². The molecule has 9 heteroatoms. The van der Waals surface area contributed by atoms with Crippen molar-refractivity contribution in [3.8, 4) is 0 Å². The van der Waals surface area contributed by atoms with Crippen molar-refractivity contribution in [2.45, 2.75) is 0 Å². The number of benzene rings is 1. The molecule has 0 amide bonds. The molecule has 1 heterocycles. The molecule has 0 spiro atoms. The lowest BCUT2D eigenvalue weighted by Gasteiger charge is -2.07. The molecule has 0 fully saturated rings. The molecule has 1 aromatic heterocycles. The maximum Gasteiger partial charge on any atom is 0.233 e. The maximum atomic E-state index is 13.3. The van der Waals surface area contributed by atoms with E-state index >= 15 is 0 Å². The Labute approximate surface area is 104 Å². The van der Waals surface area contributed by atoms with Crippen molar-refractivity contribution in [3.05, 3.63) is 34.9 Å². The van der Waals surface area contributed by atoms with E-state index in [1.54, 1.807) is 0 Å². The van der Waals surface area contributed by atoms with Crippen molar-refractivity contribution in [2.24, 2.45) is 0 Å². The molecule has 0 aliphatic carbocycles. The van der Waals surface area contributed by atoms with Crippen molar-refractivity contribution < 1.29 is 13.2 Å². The van der Waals surface area contributed by atoms with Gasteiger partial charge in [-0.1, -0.05) is 0 Å². The standard InChI is InChI=1S/C9H5ClF3N5/c10-7-16-8(14)18-9(17-7)15-6-4(12)1-3(11)2-5(6)13/h1-2H,(H3,14,15,16,17,18). The number of halogens is 4. The number of hydrogen-bond acceptors (Lipinski definition) is 5. The van der Waals surface area contributed by atoms with E-state index in [0.717, 1.165) is 0 Å². The van der Waals surface area contributed by atoms with E-state index in [0.29, 0.717) is 12.1 Å². The van der Waals surface area contributed by atoms with Crippen molar-refractivity contribution in [1.29, 1.82) is 0 Å². The van der Waals surface area contributed by atoms with Gasteiger partial charge >= 0.3 is 0 Å². The number of rotatable bonds is 2. The van der Waals surface area contributed by atoms with Crippen LogP contribution in [0.2, 0.25) is 5.28 Å². The normalized spacial score (nSPS) is 10.4. The molecular formula is C9H5ClF3N5. The van der Waals surface area contributed by atoms with Gasteiger partial charge in [0, 0.05) is 12.1 Å². The van der Waals surface area contributed by atoms with Gasteiger partial charge in [-0.25, -0.2) is 13.2 Å². The van der Waals surface area contributed by atoms with Crippen LogP contribution in [0.1, 0.15) is 0 Å². The molecule has 0 saturated carbocycles. The fourth-order valence-electron chi connectivity index (χ4n) is 1.19. The van der Waals surface area contributed by atoms with Gasteiger partial charge in [0.1, 0.15) is 11.5 Å². The Hall–Kier alpha value is -2.09. The molecule has 94 valence electrons. The molecule has 2 rings (SSSR count). The number of anilines is 3. The molecule has 0 aliphatic rings. The van der Waals surface area contributed by atoms with E-state index in [2.05, 4.69) is 20.3 Å². The van der Waals surface area contributed by atoms with E-state index in [1.807, 2.05) is 0 Å². The van der Waals surface area contributed by atoms with E-state index < -0.39 is 23.1 Å². The first-order valence-corrected chi connectivity index (χ1v) is 4.92. The lowest BCUT2D eigenvalue weighted by atomic mass is 10.3. The second-order valence-electron chi connectivity index (χ2n) is 3.16. The molecule has 3 N–H and O–H groups in total. The fourth-order valence-corrected chi connectivity index (χ4v) is 1.36. The highest BCUT2D eigenvalue weighted by atomic mass is 35.5. The third-order valence-electron chi connectivity index (χ3n) is 1.87. The highest BCUT2D eigenvalue weighted by Gasteiger charge is 2.13. The highest BCUT2D eigenvalue weighted by molar-refractivity contribution is 6.28. The molecule has 5 nitrogen and oxygen atoms in total. The van der Waals surface area contributed by atoms with Gasteiger partial charge in [0.05, 0.1) is 0 Å². The van der Waals surface area contributed by atoms with Crippen LogP contribution in [0, 0.1) is 17.5 Å². The van der Waals surface area contributed by atoms with Gasteiger partial charge in [0.15, 0.2) is 11.6 Å². The Balaban J connectivity index is 2.40. The molecule has 0 bridgehead atoms. The fraction of sp³-hybridized carbons (Fsp3) is 0. The third-order valence-corrected chi connectivity index (χ3v) is 2.04. The summed E-state index contributed by atoms with van der Waals surface area (Å²) in [6.45, 7) is 0. The number of hydrogen-bond donors (Lipinski definition) is 2. The monoisotopic (exact) mass is 275 g/mol. The van der Waals surface area contributed by atoms with Gasteiger partial charge in [-0.3, -0.25) is 0 Å². The smallest absolute Gasteiger partial charge is 0.233 e. The van der Waals surface area contributed by atoms with Crippen LogP contribution in [0.5, 0.6) is 0 Å². The molecule has 0 atom stereocenters. The second-order valence-corrected chi connectivity index (χ2v) is 3.49. The first-order valence-electron chi connectivity index (χ1n) is 4.54. The average molecular weight is 276 g/mol. The summed E-state index contributed by atoms with van der Waals surface area (Å²) in [5.41, 5.74) is 4.67. The van der Waals surface area contributed by atoms with Crippen LogP contribution < -0.4 is 11.1 Å². The minimum absolute atomic E-state index is 0.222. The van der Waals surface area contributed by atoms with Crippen molar-refractivity contribution >= 4 is 29.2 Å². The molecular weight excluding hydrogens is 271 g/mol. The number of nitrogen functional groups attached to an aromatic ring is 1. The topological polar surface area (TPSA) is 76.7 Å². The van der Waals surface area contributed by atoms with Crippen LogP contribution in [-0.2, 0) is 0 Å². The van der Waals surface area contributed by atoms with Gasteiger partial charge in [-0.15, -0.1) is 0 Å². The molecule has 0 saturated heterocycles. The van der Waals surface area contributed by atoms with Gasteiger partial charge in [0.25, 0.3) is 0 Å². The Morgan fingerprint density at radius 2 is 1.67 bits per heavy atom. The maximum absolute atomic E-state index is 13.3. The molecule has 0 unspecified atom stereocenters. The number of nitrogens with two attached hydrogens (primary N) is 1. The average Bonchev–Trinajstić information content (AvgIpc) is 2.22. The van der Waals surface area contributed by atoms with Crippen molar-refractivity contribution in [2.75, 3.05) is 11.1 Å². The van der Waals surface area contributed by atoms with E-state index in [4.69, 9.17) is 17.3 Å². The molecule has 1 aromatic carbocycles. The lowest BCUT2D eigenvalue weighted by molar-refractivity contribution is 0.548. The zero-order valence-corrected chi connectivity index (χ0v) is 9.34. The summed E-state index contributed by atoms with van der Waals surface area (Å²) in [5, 5.41) is 1.96. The second kappa shape index (κ2) is 4.65. The van der Waals surface area contributed by atoms with E-state index in [1.165, 1.54) is 0 Å². The predicted molar refractivity (Wildman–Crippen MR) is 58.8 cm³/mol. The summed E-state index contributed by atoms with van der Waals surface area (Å²) in [7, 11) is 0. The Morgan fingerprint density at radius 3 is 2.22 bits per heavy atom. The number of nitrogens with zero attached hydrogens (tertiary/aromatic N) is 3. The summed E-state index contributed by atoms with van der Waals surface area (Å²) in [6, 6.07) is 1.02. The lowest BCUT2D eigenvalue weighted by Crippen LogP contribution is -2.06. The highest BCUT2D eigenvalue weighted by Crippen LogP contribution is 2.23. The van der Waals surface area contributed by atoms with Crippen molar-refractivity contribution in [3.63, 3.8) is 0 Å². The van der Waals surface area contributed by atoms with Crippen LogP contribution in [0.15, 0.2) is 12.1 Å². The summed E-state index contributed by atoms with van der Waals surface area (Å²) in [6.07, 6.45) is 0. The largest absolute Gasteiger partial charge is 0.368 e. The van der Waals surface area contributed by atoms with Crippen LogP contribution in [0.3, 0.4) is 0 Å². The van der Waals surface area contributed by atoms with Crippen molar-refractivity contribution in [1.82, 2.24) is 15.0 Å². The van der Waals surface area contributed by atoms with Crippen LogP contribution in [0.25, 0.3) is 0 Å². The number of nitrogens with one attached hydrogen (secondary N) is 1. The van der Waals surface area contributed by atoms with E-state index in [-0.39, 0.29) is 17.2 Å². The first kappa shape index (κ1) is 12.4. The minimum Gasteiger partial charge on any atom is -0.368 e. The predicted octanol–water partition coefficient (Wildman–Crippen LogP) is 2.27. The third kappa shape index (κ3) is 2.59. The molecule has 0 radical (unpaired) electrons. The Morgan fingerprint density at radius 1 is 1.06 bits per heavy atom. The van der Waals surface area contributed by atoms with Gasteiger partial charge in [-0.05, 0) is 11.6 Å².